The molecule has 8 heteroatoms. The minimum atomic E-state index is -3.52. The Kier molecular flexibility index (Phi) is 6.36. The molecule has 0 aromatic heterocycles. The Morgan fingerprint density at radius 3 is 2.41 bits per heavy atom. The molecule has 1 amide bonds. The number of ether oxygens (including phenoxy) is 2. The lowest BCUT2D eigenvalue weighted by molar-refractivity contribution is -0.120. The van der Waals surface area contributed by atoms with Crippen molar-refractivity contribution in [2.24, 2.45) is 5.92 Å². The van der Waals surface area contributed by atoms with E-state index >= 15 is 0 Å². The average Bonchev–Trinajstić information content (AvgIpc) is 3.20. The minimum absolute atomic E-state index is 0.0943. The van der Waals surface area contributed by atoms with E-state index in [9.17, 15) is 13.2 Å². The van der Waals surface area contributed by atoms with Crippen molar-refractivity contribution in [1.29, 1.82) is 0 Å². The van der Waals surface area contributed by atoms with Gasteiger partial charge in [0.1, 0.15) is 0 Å². The van der Waals surface area contributed by atoms with E-state index in [2.05, 4.69) is 5.32 Å². The van der Waals surface area contributed by atoms with Gasteiger partial charge in [0.05, 0.1) is 0 Å². The zero-order valence-corrected chi connectivity index (χ0v) is 19.9. The van der Waals surface area contributed by atoms with Gasteiger partial charge in [-0.05, 0) is 49.5 Å². The Hall–Kier alpha value is -2.84. The van der Waals surface area contributed by atoms with Crippen LogP contribution in [0.3, 0.4) is 0 Å². The number of benzene rings is 2. The number of amides is 1. The lowest BCUT2D eigenvalue weighted by atomic mass is 9.94. The molecular weight excluding hydrogens is 452 g/mol. The molecule has 2 aromatic rings. The van der Waals surface area contributed by atoms with Gasteiger partial charge in [-0.2, -0.15) is 4.31 Å². The fourth-order valence-corrected chi connectivity index (χ4v) is 6.12. The number of carbonyl (C=O) groups is 1. The third-order valence-electron chi connectivity index (χ3n) is 6.84. The van der Waals surface area contributed by atoms with Crippen molar-refractivity contribution < 1.29 is 22.7 Å². The monoisotopic (exact) mass is 482 g/mol. The molecule has 0 bridgehead atoms. The summed E-state index contributed by atoms with van der Waals surface area (Å²) >= 11 is 0. The Morgan fingerprint density at radius 1 is 0.971 bits per heavy atom. The second kappa shape index (κ2) is 9.43. The summed E-state index contributed by atoms with van der Waals surface area (Å²) in [4.78, 5) is 12.9. The summed E-state index contributed by atoms with van der Waals surface area (Å²) in [6.45, 7) is 0.645. The third-order valence-corrected chi connectivity index (χ3v) is 8.40. The first kappa shape index (κ1) is 22.9. The molecule has 1 saturated carbocycles. The maximum atomic E-state index is 12.9. The number of rotatable bonds is 5. The molecule has 2 heterocycles. The molecular formula is C26H30N2O5S. The van der Waals surface area contributed by atoms with Crippen LogP contribution in [-0.2, 0) is 14.8 Å². The summed E-state index contributed by atoms with van der Waals surface area (Å²) in [5, 5.41) is 4.22. The topological polar surface area (TPSA) is 84.9 Å². The van der Waals surface area contributed by atoms with E-state index in [1.807, 2.05) is 48.5 Å². The van der Waals surface area contributed by atoms with Crippen molar-refractivity contribution in [3.8, 4) is 11.5 Å². The van der Waals surface area contributed by atoms with Gasteiger partial charge in [-0.3, -0.25) is 4.79 Å². The number of carbonyl (C=O) groups excluding carboxylic acids is 1. The molecule has 0 radical (unpaired) electrons. The van der Waals surface area contributed by atoms with E-state index in [1.165, 1.54) is 16.1 Å². The lowest BCUT2D eigenvalue weighted by Gasteiger charge is -2.31. The highest BCUT2D eigenvalue weighted by atomic mass is 32.2. The van der Waals surface area contributed by atoms with E-state index in [0.717, 1.165) is 37.0 Å². The molecule has 34 heavy (non-hydrogen) atoms. The highest BCUT2D eigenvalue weighted by Gasteiger charge is 2.42. The van der Waals surface area contributed by atoms with Gasteiger partial charge >= 0.3 is 0 Å². The zero-order chi connectivity index (χ0) is 23.6. The Bertz CT molecular complexity index is 1160. The van der Waals surface area contributed by atoms with Gasteiger partial charge in [0.25, 0.3) is 5.79 Å². The van der Waals surface area contributed by atoms with Gasteiger partial charge in [0.2, 0.25) is 15.9 Å². The van der Waals surface area contributed by atoms with Crippen LogP contribution in [0.1, 0.15) is 50.5 Å². The van der Waals surface area contributed by atoms with Crippen molar-refractivity contribution in [2.45, 2.75) is 50.7 Å². The van der Waals surface area contributed by atoms with Crippen LogP contribution in [0.5, 0.6) is 11.5 Å². The van der Waals surface area contributed by atoms with Crippen LogP contribution in [0.4, 0.5) is 5.69 Å². The van der Waals surface area contributed by atoms with Gasteiger partial charge in [-0.1, -0.05) is 36.8 Å². The SMILES string of the molecule is O=C(Nc1ccc2c(c1)OC1(CCCCC1)O2)C1CCN(S(=O)(=O)/C=C/c2ccccc2)CC1. The maximum absolute atomic E-state index is 12.9. The molecule has 3 aliphatic rings. The first-order chi connectivity index (χ1) is 16.4. The van der Waals surface area contributed by atoms with E-state index in [1.54, 1.807) is 6.08 Å². The molecule has 7 nitrogen and oxygen atoms in total. The number of sulfonamides is 1. The Balaban J connectivity index is 1.16. The van der Waals surface area contributed by atoms with Gasteiger partial charge in [0.15, 0.2) is 11.5 Å². The molecule has 2 aromatic carbocycles. The first-order valence-electron chi connectivity index (χ1n) is 12.0. The summed E-state index contributed by atoms with van der Waals surface area (Å²) < 4.78 is 39.1. The fourth-order valence-electron chi connectivity index (χ4n) is 4.90. The van der Waals surface area contributed by atoms with Gasteiger partial charge in [-0.15, -0.1) is 0 Å². The molecule has 2 aliphatic heterocycles. The van der Waals surface area contributed by atoms with Crippen molar-refractivity contribution in [3.05, 3.63) is 59.5 Å². The van der Waals surface area contributed by atoms with Crippen LogP contribution in [0, 0.1) is 5.92 Å². The molecule has 1 N–H and O–H groups in total. The standard InChI is InChI=1S/C26H30N2O5S/c29-25(27-22-9-10-23-24(19-22)33-26(32-23)14-5-2-6-15-26)21-11-16-28(17-12-21)34(30,31)18-13-20-7-3-1-4-8-20/h1,3-4,7-10,13,18-19,21H,2,5-6,11-12,14-17H2,(H,27,29)/b18-13+. The minimum Gasteiger partial charge on any atom is -0.448 e. The predicted molar refractivity (Wildman–Crippen MR) is 131 cm³/mol. The van der Waals surface area contributed by atoms with Crippen LogP contribution < -0.4 is 14.8 Å². The number of nitrogens with zero attached hydrogens (tertiary/aromatic N) is 1. The van der Waals surface area contributed by atoms with Gasteiger partial charge in [0, 0.05) is 49.0 Å². The molecule has 1 aliphatic carbocycles. The van der Waals surface area contributed by atoms with Crippen LogP contribution in [0.25, 0.3) is 6.08 Å². The molecule has 180 valence electrons. The van der Waals surface area contributed by atoms with Gasteiger partial charge in [-0.25, -0.2) is 8.42 Å². The van der Waals surface area contributed by atoms with Gasteiger partial charge < -0.3 is 14.8 Å². The maximum Gasteiger partial charge on any atom is 0.251 e. The molecule has 1 saturated heterocycles. The second-order valence-corrected chi connectivity index (χ2v) is 11.1. The lowest BCUT2D eigenvalue weighted by Crippen LogP contribution is -2.40. The van der Waals surface area contributed by atoms with Crippen LogP contribution >= 0.6 is 0 Å². The van der Waals surface area contributed by atoms with E-state index in [-0.39, 0.29) is 11.8 Å². The van der Waals surface area contributed by atoms with Crippen molar-refractivity contribution in [3.63, 3.8) is 0 Å². The number of nitrogens with one attached hydrogen (secondary N) is 1. The highest BCUT2D eigenvalue weighted by molar-refractivity contribution is 7.92. The summed E-state index contributed by atoms with van der Waals surface area (Å²) in [6, 6.07) is 14.8. The van der Waals surface area contributed by atoms with Crippen LogP contribution in [0.2, 0.25) is 0 Å². The molecule has 2 fully saturated rings. The van der Waals surface area contributed by atoms with Crippen LogP contribution in [0.15, 0.2) is 53.9 Å². The summed E-state index contributed by atoms with van der Waals surface area (Å²) in [5.74, 6) is 0.520. The number of fused-ring (bicyclic) bond motifs is 1. The smallest absolute Gasteiger partial charge is 0.251 e. The molecule has 5 rings (SSSR count). The van der Waals surface area contributed by atoms with Crippen LogP contribution in [-0.4, -0.2) is 37.5 Å². The van der Waals surface area contributed by atoms with Crippen molar-refractivity contribution in [2.75, 3.05) is 18.4 Å². The number of piperidine rings is 1. The zero-order valence-electron chi connectivity index (χ0n) is 19.1. The molecule has 1 spiro atoms. The Labute approximate surface area is 200 Å². The number of hydrogen-bond acceptors (Lipinski definition) is 5. The first-order valence-corrected chi connectivity index (χ1v) is 13.5. The molecule has 0 unspecified atom stereocenters. The van der Waals surface area contributed by atoms with Crippen molar-refractivity contribution >= 4 is 27.7 Å². The fraction of sp³-hybridized carbons (Fsp3) is 0.423. The average molecular weight is 483 g/mol. The number of hydrogen-bond donors (Lipinski definition) is 1. The summed E-state index contributed by atoms with van der Waals surface area (Å²) in [5.41, 5.74) is 1.50. The molecule has 0 atom stereocenters. The largest absolute Gasteiger partial charge is 0.448 e. The van der Waals surface area contributed by atoms with E-state index < -0.39 is 15.8 Å². The second-order valence-electron chi connectivity index (χ2n) is 9.26. The quantitative estimate of drug-likeness (QED) is 0.664. The number of anilines is 1. The summed E-state index contributed by atoms with van der Waals surface area (Å²) in [7, 11) is -3.52. The summed E-state index contributed by atoms with van der Waals surface area (Å²) in [6.07, 6.45) is 7.72. The van der Waals surface area contributed by atoms with E-state index in [0.29, 0.717) is 37.4 Å². The third kappa shape index (κ3) is 4.98. The Morgan fingerprint density at radius 2 is 1.68 bits per heavy atom. The van der Waals surface area contributed by atoms with E-state index in [4.69, 9.17) is 9.47 Å². The van der Waals surface area contributed by atoms with Crippen molar-refractivity contribution in [1.82, 2.24) is 4.31 Å². The highest BCUT2D eigenvalue weighted by Crippen LogP contribution is 2.46. The normalized spacial score (nSPS) is 20.6. The predicted octanol–water partition coefficient (Wildman–Crippen LogP) is 4.77.